The van der Waals surface area contributed by atoms with Gasteiger partial charge >= 0.3 is 0 Å². The zero-order chi connectivity index (χ0) is 11.7. The summed E-state index contributed by atoms with van der Waals surface area (Å²) in [4.78, 5) is 0. The van der Waals surface area contributed by atoms with Gasteiger partial charge in [0.25, 0.3) is 0 Å². The maximum Gasteiger partial charge on any atom is 0.133 e. The summed E-state index contributed by atoms with van der Waals surface area (Å²) in [6, 6.07) is 7.91. The van der Waals surface area contributed by atoms with Crippen molar-refractivity contribution in [2.45, 2.75) is 19.8 Å². The van der Waals surface area contributed by atoms with E-state index in [9.17, 15) is 4.39 Å². The molecule has 0 aliphatic rings. The topological polar surface area (TPSA) is 17.8 Å². The number of benzene rings is 1. The average molecular weight is 239 g/mol. The van der Waals surface area contributed by atoms with Crippen LogP contribution in [0.2, 0.25) is 5.15 Å². The van der Waals surface area contributed by atoms with E-state index in [0.717, 1.165) is 11.4 Å². The molecule has 0 aliphatic heterocycles. The third-order valence-corrected chi connectivity index (χ3v) is 2.62. The molecule has 2 nitrogen and oxygen atoms in total. The van der Waals surface area contributed by atoms with Crippen LogP contribution in [0.4, 0.5) is 4.39 Å². The van der Waals surface area contributed by atoms with Gasteiger partial charge in [-0.25, -0.2) is 9.07 Å². The van der Waals surface area contributed by atoms with E-state index in [1.54, 1.807) is 16.8 Å². The lowest BCUT2D eigenvalue weighted by Crippen LogP contribution is -1.98. The molecule has 0 aliphatic carbocycles. The van der Waals surface area contributed by atoms with Gasteiger partial charge in [0.05, 0.1) is 11.4 Å². The fourth-order valence-corrected chi connectivity index (χ4v) is 1.67. The van der Waals surface area contributed by atoms with Gasteiger partial charge < -0.3 is 0 Å². The van der Waals surface area contributed by atoms with E-state index in [4.69, 9.17) is 11.6 Å². The van der Waals surface area contributed by atoms with E-state index in [2.05, 4.69) is 5.10 Å². The Bertz CT molecular complexity index is 488. The summed E-state index contributed by atoms with van der Waals surface area (Å²) in [7, 11) is 0. The molecule has 2 aromatic rings. The third-order valence-electron chi connectivity index (χ3n) is 2.35. The van der Waals surface area contributed by atoms with Crippen LogP contribution in [0.3, 0.4) is 0 Å². The highest BCUT2D eigenvalue weighted by Crippen LogP contribution is 2.21. The fourth-order valence-electron chi connectivity index (χ4n) is 1.42. The second-order valence-electron chi connectivity index (χ2n) is 3.93. The molecule has 0 radical (unpaired) electrons. The van der Waals surface area contributed by atoms with E-state index in [1.807, 2.05) is 19.9 Å². The molecule has 4 heteroatoms. The second kappa shape index (κ2) is 4.26. The summed E-state index contributed by atoms with van der Waals surface area (Å²) in [6.07, 6.45) is 0. The summed E-state index contributed by atoms with van der Waals surface area (Å²) in [5, 5.41) is 4.91. The van der Waals surface area contributed by atoms with Gasteiger partial charge in [-0.05, 0) is 36.2 Å². The maximum atomic E-state index is 12.8. The quantitative estimate of drug-likeness (QED) is 0.778. The van der Waals surface area contributed by atoms with Crippen LogP contribution in [0.1, 0.15) is 25.5 Å². The molecule has 2 rings (SSSR count). The smallest absolute Gasteiger partial charge is 0.133 e. The third kappa shape index (κ3) is 2.09. The molecule has 0 saturated carbocycles. The molecule has 0 atom stereocenters. The highest BCUT2D eigenvalue weighted by molar-refractivity contribution is 6.29. The minimum atomic E-state index is -0.267. The molecule has 0 unspecified atom stereocenters. The van der Waals surface area contributed by atoms with Crippen molar-refractivity contribution >= 4 is 11.6 Å². The van der Waals surface area contributed by atoms with E-state index in [0.29, 0.717) is 11.1 Å². The number of hydrogen-bond donors (Lipinski definition) is 0. The van der Waals surface area contributed by atoms with Gasteiger partial charge in [-0.15, -0.1) is 0 Å². The van der Waals surface area contributed by atoms with Crippen molar-refractivity contribution in [3.8, 4) is 5.69 Å². The highest BCUT2D eigenvalue weighted by Gasteiger charge is 2.10. The molecular formula is C12H12ClFN2. The summed E-state index contributed by atoms with van der Waals surface area (Å²) in [5.74, 6) is 0.0512. The molecule has 16 heavy (non-hydrogen) atoms. The Hall–Kier alpha value is -1.35. The predicted molar refractivity (Wildman–Crippen MR) is 62.6 cm³/mol. The van der Waals surface area contributed by atoms with Gasteiger partial charge in [0.15, 0.2) is 0 Å². The Kier molecular flexibility index (Phi) is 2.97. The number of aromatic nitrogens is 2. The maximum absolute atomic E-state index is 12.8. The molecule has 0 spiro atoms. The lowest BCUT2D eigenvalue weighted by atomic mass is 10.1. The van der Waals surface area contributed by atoms with Crippen LogP contribution >= 0.6 is 11.6 Å². The van der Waals surface area contributed by atoms with Crippen molar-refractivity contribution < 1.29 is 4.39 Å². The van der Waals surface area contributed by atoms with E-state index in [1.165, 1.54) is 12.1 Å². The second-order valence-corrected chi connectivity index (χ2v) is 4.32. The van der Waals surface area contributed by atoms with Crippen molar-refractivity contribution in [2.75, 3.05) is 0 Å². The molecule has 0 bridgehead atoms. The van der Waals surface area contributed by atoms with E-state index < -0.39 is 0 Å². The van der Waals surface area contributed by atoms with Gasteiger partial charge in [-0.1, -0.05) is 25.4 Å². The van der Waals surface area contributed by atoms with Crippen LogP contribution in [0, 0.1) is 5.82 Å². The van der Waals surface area contributed by atoms with Crippen LogP contribution in [-0.4, -0.2) is 9.78 Å². The first-order chi connectivity index (χ1) is 7.58. The normalized spacial score (nSPS) is 11.1. The molecule has 1 heterocycles. The summed E-state index contributed by atoms with van der Waals surface area (Å²) >= 11 is 6.07. The monoisotopic (exact) mass is 238 g/mol. The zero-order valence-electron chi connectivity index (χ0n) is 9.11. The molecule has 0 amide bonds. The van der Waals surface area contributed by atoms with Crippen molar-refractivity contribution in [1.82, 2.24) is 9.78 Å². The summed E-state index contributed by atoms with van der Waals surface area (Å²) in [6.45, 7) is 4.10. The van der Waals surface area contributed by atoms with Crippen molar-refractivity contribution in [2.24, 2.45) is 0 Å². The van der Waals surface area contributed by atoms with Crippen LogP contribution < -0.4 is 0 Å². The Balaban J connectivity index is 2.44. The molecule has 0 saturated heterocycles. The molecule has 1 aromatic carbocycles. The highest BCUT2D eigenvalue weighted by atomic mass is 35.5. The molecular weight excluding hydrogens is 227 g/mol. The lowest BCUT2D eigenvalue weighted by Gasteiger charge is -2.02. The summed E-state index contributed by atoms with van der Waals surface area (Å²) < 4.78 is 14.4. The number of halogens is 2. The largest absolute Gasteiger partial charge is 0.222 e. The van der Waals surface area contributed by atoms with E-state index in [-0.39, 0.29) is 5.82 Å². The minimum absolute atomic E-state index is 0.267. The standard InChI is InChI=1S/C12H12ClFN2/c1-8(2)11-7-12(13)16(15-11)10-5-3-9(14)4-6-10/h3-8H,1-2H3. The zero-order valence-corrected chi connectivity index (χ0v) is 9.87. The predicted octanol–water partition coefficient (Wildman–Crippen LogP) is 3.79. The average Bonchev–Trinajstić information content (AvgIpc) is 2.62. The van der Waals surface area contributed by atoms with Crippen molar-refractivity contribution in [3.63, 3.8) is 0 Å². The minimum Gasteiger partial charge on any atom is -0.222 e. The fraction of sp³-hybridized carbons (Fsp3) is 0.250. The van der Waals surface area contributed by atoms with Crippen LogP contribution in [0.5, 0.6) is 0 Å². The van der Waals surface area contributed by atoms with Gasteiger partial charge in [0, 0.05) is 0 Å². The van der Waals surface area contributed by atoms with Gasteiger partial charge in [-0.2, -0.15) is 5.10 Å². The Morgan fingerprint density at radius 2 is 1.88 bits per heavy atom. The van der Waals surface area contributed by atoms with Gasteiger partial charge in [0.1, 0.15) is 11.0 Å². The summed E-state index contributed by atoms with van der Waals surface area (Å²) in [5.41, 5.74) is 1.69. The Morgan fingerprint density at radius 3 is 2.38 bits per heavy atom. The molecule has 0 fully saturated rings. The SMILES string of the molecule is CC(C)c1cc(Cl)n(-c2ccc(F)cc2)n1. The van der Waals surface area contributed by atoms with Crippen LogP contribution in [0.25, 0.3) is 5.69 Å². The first-order valence-corrected chi connectivity index (χ1v) is 5.47. The molecule has 0 N–H and O–H groups in total. The number of rotatable bonds is 2. The Labute approximate surface area is 98.7 Å². The number of nitrogens with zero attached hydrogens (tertiary/aromatic N) is 2. The first kappa shape index (κ1) is 11.1. The lowest BCUT2D eigenvalue weighted by molar-refractivity contribution is 0.627. The van der Waals surface area contributed by atoms with Crippen LogP contribution in [0.15, 0.2) is 30.3 Å². The first-order valence-electron chi connectivity index (χ1n) is 5.09. The number of hydrogen-bond acceptors (Lipinski definition) is 1. The Morgan fingerprint density at radius 1 is 1.25 bits per heavy atom. The van der Waals surface area contributed by atoms with Gasteiger partial charge in [-0.3, -0.25) is 0 Å². The molecule has 1 aromatic heterocycles. The molecule has 84 valence electrons. The van der Waals surface area contributed by atoms with Gasteiger partial charge in [0.2, 0.25) is 0 Å². The van der Waals surface area contributed by atoms with Crippen molar-refractivity contribution in [1.29, 1.82) is 0 Å². The van der Waals surface area contributed by atoms with Crippen LogP contribution in [-0.2, 0) is 0 Å². The van der Waals surface area contributed by atoms with E-state index >= 15 is 0 Å². The van der Waals surface area contributed by atoms with Crippen molar-refractivity contribution in [3.05, 3.63) is 47.0 Å².